The Bertz CT molecular complexity index is 1510. The minimum atomic E-state index is -3.47. The van der Waals surface area contributed by atoms with Gasteiger partial charge in [0, 0.05) is 32.4 Å². The van der Waals surface area contributed by atoms with E-state index in [2.05, 4.69) is 15.2 Å². The fraction of sp³-hybridized carbons (Fsp3) is 0.273. The summed E-state index contributed by atoms with van der Waals surface area (Å²) >= 11 is 0. The van der Waals surface area contributed by atoms with Crippen LogP contribution < -0.4 is 5.56 Å². The summed E-state index contributed by atoms with van der Waals surface area (Å²) in [6, 6.07) is 12.4. The molecule has 0 atom stereocenters. The zero-order valence-corrected chi connectivity index (χ0v) is 19.3. The minimum absolute atomic E-state index is 0.0649. The van der Waals surface area contributed by atoms with Crippen LogP contribution in [0.15, 0.2) is 59.7 Å². The summed E-state index contributed by atoms with van der Waals surface area (Å²) in [4.78, 5) is 29.7. The van der Waals surface area contributed by atoms with E-state index >= 15 is 0 Å². The van der Waals surface area contributed by atoms with E-state index < -0.39 is 10.0 Å². The van der Waals surface area contributed by atoms with Crippen molar-refractivity contribution < 1.29 is 13.2 Å². The third-order valence-corrected chi connectivity index (χ3v) is 7.79. The number of rotatable bonds is 5. The Kier molecular flexibility index (Phi) is 5.54. The van der Waals surface area contributed by atoms with E-state index in [1.807, 2.05) is 18.2 Å². The number of benzene rings is 1. The van der Waals surface area contributed by atoms with Crippen LogP contribution in [-0.4, -0.2) is 74.1 Å². The first-order valence-electron chi connectivity index (χ1n) is 10.8. The van der Waals surface area contributed by atoms with Gasteiger partial charge in [-0.3, -0.25) is 14.6 Å². The molecule has 11 nitrogen and oxygen atoms in total. The van der Waals surface area contributed by atoms with Crippen LogP contribution in [0.3, 0.4) is 0 Å². The summed E-state index contributed by atoms with van der Waals surface area (Å²) < 4.78 is 29.9. The van der Waals surface area contributed by atoms with E-state index in [0.29, 0.717) is 16.8 Å². The van der Waals surface area contributed by atoms with Gasteiger partial charge in [0.25, 0.3) is 11.5 Å². The maximum absolute atomic E-state index is 13.2. The molecular formula is C22H23N7O4S. The lowest BCUT2D eigenvalue weighted by molar-refractivity contribution is 0.0697. The number of hydrogen-bond acceptors (Lipinski definition) is 6. The number of aromatic amines is 1. The maximum atomic E-state index is 13.2. The molecule has 0 spiro atoms. The highest BCUT2D eigenvalue weighted by molar-refractivity contribution is 7.88. The zero-order chi connectivity index (χ0) is 23.9. The van der Waals surface area contributed by atoms with Crippen LogP contribution in [0, 0.1) is 6.92 Å². The fourth-order valence-electron chi connectivity index (χ4n) is 4.08. The van der Waals surface area contributed by atoms with Gasteiger partial charge in [-0.2, -0.15) is 9.40 Å². The van der Waals surface area contributed by atoms with Crippen molar-refractivity contribution in [3.63, 3.8) is 0 Å². The van der Waals surface area contributed by atoms with E-state index in [4.69, 9.17) is 0 Å². The van der Waals surface area contributed by atoms with E-state index in [9.17, 15) is 18.0 Å². The molecule has 4 aromatic rings. The second kappa shape index (κ2) is 8.54. The second-order valence-electron chi connectivity index (χ2n) is 8.10. The van der Waals surface area contributed by atoms with Gasteiger partial charge < -0.3 is 4.90 Å². The van der Waals surface area contributed by atoms with Gasteiger partial charge >= 0.3 is 0 Å². The molecule has 0 radical (unpaired) electrons. The first-order valence-corrected chi connectivity index (χ1v) is 12.4. The average Bonchev–Trinajstić information content (AvgIpc) is 3.46. The molecule has 0 saturated carbocycles. The molecular weight excluding hydrogens is 458 g/mol. The number of piperazine rings is 1. The first-order chi connectivity index (χ1) is 16.3. The Morgan fingerprint density at radius 2 is 1.79 bits per heavy atom. The predicted octanol–water partition coefficient (Wildman–Crippen LogP) is 0.805. The summed E-state index contributed by atoms with van der Waals surface area (Å²) in [5, 5.41) is 8.60. The fourth-order valence-corrected chi connectivity index (χ4v) is 5.59. The minimum Gasteiger partial charge on any atom is -0.336 e. The SMILES string of the molecule is Cc1c(C(=O)N2CCN(S(=O)(=O)Cc3ccccc3)CC2)cnn1-c1nn2cccc2c(=O)[nH]1. The Labute approximate surface area is 195 Å². The van der Waals surface area contributed by atoms with Gasteiger partial charge in [-0.25, -0.2) is 17.6 Å². The van der Waals surface area contributed by atoms with Crippen molar-refractivity contribution in [2.24, 2.45) is 0 Å². The maximum Gasteiger partial charge on any atom is 0.276 e. The summed E-state index contributed by atoms with van der Waals surface area (Å²) in [6.07, 6.45) is 3.10. The number of nitrogens with one attached hydrogen (secondary N) is 1. The normalized spacial score (nSPS) is 15.1. The van der Waals surface area contributed by atoms with Crippen LogP contribution in [0.2, 0.25) is 0 Å². The summed E-state index contributed by atoms with van der Waals surface area (Å²) in [7, 11) is -3.47. The number of sulfonamides is 1. The van der Waals surface area contributed by atoms with Crippen LogP contribution >= 0.6 is 0 Å². The molecule has 176 valence electrons. The molecule has 1 amide bonds. The molecule has 34 heavy (non-hydrogen) atoms. The van der Waals surface area contributed by atoms with Crippen LogP contribution in [0.1, 0.15) is 21.6 Å². The molecule has 3 aromatic heterocycles. The van der Waals surface area contributed by atoms with Crippen molar-refractivity contribution in [3.05, 3.63) is 82.0 Å². The third kappa shape index (κ3) is 4.01. The van der Waals surface area contributed by atoms with Gasteiger partial charge in [-0.15, -0.1) is 5.10 Å². The van der Waals surface area contributed by atoms with Crippen molar-refractivity contribution in [2.75, 3.05) is 26.2 Å². The number of nitrogens with zero attached hydrogens (tertiary/aromatic N) is 6. The highest BCUT2D eigenvalue weighted by atomic mass is 32.2. The second-order valence-corrected chi connectivity index (χ2v) is 10.1. The number of hydrogen-bond donors (Lipinski definition) is 1. The van der Waals surface area contributed by atoms with Crippen LogP contribution in [0.25, 0.3) is 11.5 Å². The van der Waals surface area contributed by atoms with Gasteiger partial charge in [0.05, 0.1) is 23.2 Å². The van der Waals surface area contributed by atoms with Crippen molar-refractivity contribution in [1.82, 2.24) is 33.6 Å². The lowest BCUT2D eigenvalue weighted by Gasteiger charge is -2.34. The number of carbonyl (C=O) groups is 1. The molecule has 0 bridgehead atoms. The van der Waals surface area contributed by atoms with E-state index in [1.165, 1.54) is 19.7 Å². The van der Waals surface area contributed by atoms with Crippen molar-refractivity contribution in [1.29, 1.82) is 0 Å². The van der Waals surface area contributed by atoms with Crippen molar-refractivity contribution in [3.8, 4) is 5.95 Å². The number of H-pyrrole nitrogens is 1. The molecule has 1 saturated heterocycles. The summed E-state index contributed by atoms with van der Waals surface area (Å²) in [6.45, 7) is 2.74. The monoisotopic (exact) mass is 481 g/mol. The Morgan fingerprint density at radius 3 is 2.53 bits per heavy atom. The standard InChI is InChI=1S/C22H23N7O4S/c1-16-18(14-23-29(16)22-24-20(30)19-8-5-9-28(19)25-22)21(31)26-10-12-27(13-11-26)34(32,33)15-17-6-3-2-4-7-17/h2-9,14H,10-13,15H2,1H3,(H,24,25,30). The molecule has 1 aliphatic heterocycles. The third-order valence-electron chi connectivity index (χ3n) is 5.94. The van der Waals surface area contributed by atoms with E-state index in [-0.39, 0.29) is 49.3 Å². The van der Waals surface area contributed by atoms with Crippen LogP contribution in [-0.2, 0) is 15.8 Å². The molecule has 1 aliphatic rings. The van der Waals surface area contributed by atoms with E-state index in [1.54, 1.807) is 42.3 Å². The lowest BCUT2D eigenvalue weighted by atomic mass is 10.2. The van der Waals surface area contributed by atoms with Gasteiger partial charge in [-0.05, 0) is 24.6 Å². The molecule has 5 rings (SSSR count). The lowest BCUT2D eigenvalue weighted by Crippen LogP contribution is -2.50. The molecule has 12 heteroatoms. The average molecular weight is 482 g/mol. The first kappa shape index (κ1) is 22.0. The topological polar surface area (TPSA) is 126 Å². The number of amides is 1. The van der Waals surface area contributed by atoms with Gasteiger partial charge in [-0.1, -0.05) is 30.3 Å². The molecule has 0 unspecified atom stereocenters. The zero-order valence-electron chi connectivity index (χ0n) is 18.5. The predicted molar refractivity (Wildman–Crippen MR) is 124 cm³/mol. The van der Waals surface area contributed by atoms with Gasteiger partial charge in [0.2, 0.25) is 16.0 Å². The Hall–Kier alpha value is -3.77. The Morgan fingerprint density at radius 1 is 1.06 bits per heavy atom. The largest absolute Gasteiger partial charge is 0.336 e. The highest BCUT2D eigenvalue weighted by Crippen LogP contribution is 2.18. The van der Waals surface area contributed by atoms with Crippen LogP contribution in [0.5, 0.6) is 0 Å². The van der Waals surface area contributed by atoms with E-state index in [0.717, 1.165) is 5.56 Å². The number of carbonyl (C=O) groups excluding carboxylic acids is 1. The molecule has 1 N–H and O–H groups in total. The van der Waals surface area contributed by atoms with Gasteiger partial charge in [0.1, 0.15) is 5.52 Å². The summed E-state index contributed by atoms with van der Waals surface area (Å²) in [5.74, 6) is -0.111. The van der Waals surface area contributed by atoms with Crippen molar-refractivity contribution in [2.45, 2.75) is 12.7 Å². The smallest absolute Gasteiger partial charge is 0.276 e. The van der Waals surface area contributed by atoms with Crippen molar-refractivity contribution >= 4 is 21.4 Å². The highest BCUT2D eigenvalue weighted by Gasteiger charge is 2.30. The number of aromatic nitrogens is 5. The van der Waals surface area contributed by atoms with Gasteiger partial charge in [0.15, 0.2) is 0 Å². The quantitative estimate of drug-likeness (QED) is 0.450. The molecule has 1 fully saturated rings. The summed E-state index contributed by atoms with van der Waals surface area (Å²) in [5.41, 5.74) is 1.72. The van der Waals surface area contributed by atoms with Crippen LogP contribution in [0.4, 0.5) is 0 Å². The Balaban J connectivity index is 1.30. The molecule has 0 aliphatic carbocycles. The molecule has 1 aromatic carbocycles. The molecule has 4 heterocycles. The number of fused-ring (bicyclic) bond motifs is 1.